The zero-order valence-corrected chi connectivity index (χ0v) is 19.7. The van der Waals surface area contributed by atoms with Crippen LogP contribution in [-0.2, 0) is 0 Å². The predicted octanol–water partition coefficient (Wildman–Crippen LogP) is 5.22. The number of ether oxygens (including phenoxy) is 1. The van der Waals surface area contributed by atoms with Gasteiger partial charge in [0.25, 0.3) is 0 Å². The molecule has 0 aliphatic carbocycles. The van der Waals surface area contributed by atoms with Crippen molar-refractivity contribution in [3.63, 3.8) is 0 Å². The van der Waals surface area contributed by atoms with Gasteiger partial charge in [0.05, 0.1) is 16.5 Å². The SMILES string of the molecule is Cc1cc(Cl)cc(Oc2ccc(C#N)cc2SN2CCN(C(=S)NC(C)C)CC2)c1. The van der Waals surface area contributed by atoms with Crippen LogP contribution in [0.1, 0.15) is 25.0 Å². The number of hydrogen-bond acceptors (Lipinski definition) is 5. The van der Waals surface area contributed by atoms with Crippen molar-refractivity contribution in [1.29, 1.82) is 5.26 Å². The summed E-state index contributed by atoms with van der Waals surface area (Å²) in [4.78, 5) is 3.10. The van der Waals surface area contributed by atoms with Gasteiger partial charge in [-0.15, -0.1) is 0 Å². The number of piperazine rings is 1. The highest BCUT2D eigenvalue weighted by atomic mass is 35.5. The van der Waals surface area contributed by atoms with E-state index in [0.29, 0.717) is 28.1 Å². The molecule has 2 aromatic rings. The van der Waals surface area contributed by atoms with Gasteiger partial charge in [0.1, 0.15) is 11.5 Å². The van der Waals surface area contributed by atoms with Gasteiger partial charge in [0.15, 0.2) is 5.11 Å². The van der Waals surface area contributed by atoms with Gasteiger partial charge < -0.3 is 15.0 Å². The first-order valence-corrected chi connectivity index (χ1v) is 11.4. The number of nitrogens with zero attached hydrogens (tertiary/aromatic N) is 3. The highest BCUT2D eigenvalue weighted by Crippen LogP contribution is 2.36. The molecule has 0 saturated carbocycles. The molecule has 0 atom stereocenters. The summed E-state index contributed by atoms with van der Waals surface area (Å²) in [6.45, 7) is 9.58. The molecule has 0 unspecified atom stereocenters. The van der Waals surface area contributed by atoms with Gasteiger partial charge in [-0.3, -0.25) is 0 Å². The van der Waals surface area contributed by atoms with Crippen LogP contribution in [0.3, 0.4) is 0 Å². The number of benzene rings is 2. The molecule has 1 fully saturated rings. The first kappa shape index (κ1) is 22.7. The van der Waals surface area contributed by atoms with E-state index in [1.54, 1.807) is 24.1 Å². The molecule has 3 rings (SSSR count). The van der Waals surface area contributed by atoms with Gasteiger partial charge in [-0.2, -0.15) is 5.26 Å². The van der Waals surface area contributed by atoms with E-state index in [1.165, 1.54) is 0 Å². The Labute approximate surface area is 193 Å². The predicted molar refractivity (Wildman–Crippen MR) is 127 cm³/mol. The fourth-order valence-electron chi connectivity index (χ4n) is 3.08. The largest absolute Gasteiger partial charge is 0.456 e. The lowest BCUT2D eigenvalue weighted by Gasteiger charge is -2.36. The fourth-order valence-corrected chi connectivity index (χ4v) is 4.78. The smallest absolute Gasteiger partial charge is 0.169 e. The second-order valence-electron chi connectivity index (χ2n) is 7.45. The van der Waals surface area contributed by atoms with Crippen LogP contribution in [0.2, 0.25) is 5.02 Å². The molecule has 1 N–H and O–H groups in total. The van der Waals surface area contributed by atoms with Gasteiger partial charge in [-0.1, -0.05) is 11.6 Å². The van der Waals surface area contributed by atoms with Crippen molar-refractivity contribution in [3.8, 4) is 17.6 Å². The van der Waals surface area contributed by atoms with E-state index in [-0.39, 0.29) is 0 Å². The normalized spacial score (nSPS) is 14.5. The van der Waals surface area contributed by atoms with Gasteiger partial charge in [0.2, 0.25) is 0 Å². The molecule has 1 aliphatic rings. The Morgan fingerprint density at radius 1 is 1.20 bits per heavy atom. The van der Waals surface area contributed by atoms with Gasteiger partial charge in [-0.25, -0.2) is 4.31 Å². The Morgan fingerprint density at radius 2 is 1.93 bits per heavy atom. The minimum atomic E-state index is 0.327. The molecule has 158 valence electrons. The Bertz CT molecular complexity index is 932. The number of rotatable bonds is 5. The third-order valence-electron chi connectivity index (χ3n) is 4.48. The maximum Gasteiger partial charge on any atom is 0.169 e. The number of hydrogen-bond donors (Lipinski definition) is 1. The summed E-state index contributed by atoms with van der Waals surface area (Å²) >= 11 is 13.3. The lowest BCUT2D eigenvalue weighted by molar-refractivity contribution is 0.278. The minimum Gasteiger partial charge on any atom is -0.456 e. The second-order valence-corrected chi connectivity index (χ2v) is 9.41. The van der Waals surface area contributed by atoms with Crippen LogP contribution in [0, 0.1) is 18.3 Å². The van der Waals surface area contributed by atoms with Gasteiger partial charge in [-0.05, 0) is 86.9 Å². The second kappa shape index (κ2) is 10.4. The molecular weight excluding hydrogens is 436 g/mol. The van der Waals surface area contributed by atoms with Crippen molar-refractivity contribution < 1.29 is 4.74 Å². The van der Waals surface area contributed by atoms with Gasteiger partial charge >= 0.3 is 0 Å². The topological polar surface area (TPSA) is 51.5 Å². The zero-order chi connectivity index (χ0) is 21.7. The van der Waals surface area contributed by atoms with E-state index in [2.05, 4.69) is 34.4 Å². The molecule has 5 nitrogen and oxygen atoms in total. The highest BCUT2D eigenvalue weighted by Gasteiger charge is 2.21. The molecule has 30 heavy (non-hydrogen) atoms. The molecule has 8 heteroatoms. The quantitative estimate of drug-likeness (QED) is 0.484. The molecule has 0 spiro atoms. The average molecular weight is 461 g/mol. The van der Waals surface area contributed by atoms with E-state index in [4.69, 9.17) is 28.6 Å². The molecule has 0 aromatic heterocycles. The highest BCUT2D eigenvalue weighted by molar-refractivity contribution is 7.97. The van der Waals surface area contributed by atoms with Crippen molar-refractivity contribution in [3.05, 3.63) is 52.5 Å². The summed E-state index contributed by atoms with van der Waals surface area (Å²) in [7, 11) is 0. The van der Waals surface area contributed by atoms with Crippen molar-refractivity contribution in [2.45, 2.75) is 31.7 Å². The molecule has 1 saturated heterocycles. The van der Waals surface area contributed by atoms with Crippen LogP contribution in [0.25, 0.3) is 0 Å². The third-order valence-corrected chi connectivity index (χ3v) is 6.22. The molecule has 1 aliphatic heterocycles. The maximum absolute atomic E-state index is 9.33. The Balaban J connectivity index is 1.71. The number of aryl methyl sites for hydroxylation is 1. The van der Waals surface area contributed by atoms with Crippen LogP contribution in [0.4, 0.5) is 0 Å². The van der Waals surface area contributed by atoms with Crippen LogP contribution in [0.5, 0.6) is 11.5 Å². The lowest BCUT2D eigenvalue weighted by Crippen LogP contribution is -2.51. The standard InChI is InChI=1S/C22H25ClN4OS2/c1-15(2)25-22(29)26-6-8-27(9-7-26)30-21-12-17(14-24)4-5-20(21)28-19-11-16(3)10-18(23)13-19/h4-5,10-13,15H,6-9H2,1-3H3,(H,25,29). The van der Waals surface area contributed by atoms with Crippen molar-refractivity contribution >= 4 is 40.9 Å². The Hall–Kier alpha value is -1.98. The molecule has 0 bridgehead atoms. The van der Waals surface area contributed by atoms with Gasteiger partial charge in [0, 0.05) is 37.2 Å². The molecule has 2 aromatic carbocycles. The summed E-state index contributed by atoms with van der Waals surface area (Å²) in [5, 5.41) is 14.1. The van der Waals surface area contributed by atoms with Crippen molar-refractivity contribution in [1.82, 2.24) is 14.5 Å². The Kier molecular flexibility index (Phi) is 7.84. The monoisotopic (exact) mass is 460 g/mol. The number of nitrogens with one attached hydrogen (secondary N) is 1. The molecular formula is C22H25ClN4OS2. The van der Waals surface area contributed by atoms with Crippen LogP contribution < -0.4 is 10.1 Å². The molecule has 1 heterocycles. The first-order valence-electron chi connectivity index (χ1n) is 9.81. The van der Waals surface area contributed by atoms with Crippen molar-refractivity contribution in [2.75, 3.05) is 26.2 Å². The fraction of sp³-hybridized carbons (Fsp3) is 0.364. The zero-order valence-electron chi connectivity index (χ0n) is 17.3. The minimum absolute atomic E-state index is 0.327. The van der Waals surface area contributed by atoms with Crippen LogP contribution in [0.15, 0.2) is 41.3 Å². The summed E-state index contributed by atoms with van der Waals surface area (Å²) < 4.78 is 8.41. The Morgan fingerprint density at radius 3 is 2.57 bits per heavy atom. The molecule has 0 radical (unpaired) electrons. The summed E-state index contributed by atoms with van der Waals surface area (Å²) in [5.74, 6) is 1.39. The average Bonchev–Trinajstić information content (AvgIpc) is 2.68. The van der Waals surface area contributed by atoms with E-state index >= 15 is 0 Å². The molecule has 0 amide bonds. The van der Waals surface area contributed by atoms with E-state index < -0.39 is 0 Å². The summed E-state index contributed by atoms with van der Waals surface area (Å²) in [6, 6.07) is 13.6. The van der Waals surface area contributed by atoms with Crippen molar-refractivity contribution in [2.24, 2.45) is 0 Å². The summed E-state index contributed by atoms with van der Waals surface area (Å²) in [5.41, 5.74) is 1.63. The van der Waals surface area contributed by atoms with E-state index in [1.807, 2.05) is 31.2 Å². The third kappa shape index (κ3) is 6.26. The van der Waals surface area contributed by atoms with Crippen LogP contribution >= 0.6 is 35.8 Å². The first-order chi connectivity index (χ1) is 14.3. The summed E-state index contributed by atoms with van der Waals surface area (Å²) in [6.07, 6.45) is 0. The number of halogens is 1. The van der Waals surface area contributed by atoms with E-state index in [0.717, 1.165) is 41.8 Å². The maximum atomic E-state index is 9.33. The van der Waals surface area contributed by atoms with Crippen LogP contribution in [-0.4, -0.2) is 46.5 Å². The lowest BCUT2D eigenvalue weighted by atomic mass is 10.2. The van der Waals surface area contributed by atoms with E-state index in [9.17, 15) is 5.26 Å². The number of nitriles is 1. The number of thiocarbonyl (C=S) groups is 1.